The minimum Gasteiger partial charge on any atom is -0.383 e. The first-order valence-corrected chi connectivity index (χ1v) is 38.6. The van der Waals surface area contributed by atoms with Crippen molar-refractivity contribution in [1.82, 2.24) is 55.6 Å². The lowest BCUT2D eigenvalue weighted by Crippen LogP contribution is -2.39. The first-order valence-electron chi connectivity index (χ1n) is 34.5. The van der Waals surface area contributed by atoms with Gasteiger partial charge >= 0.3 is 0 Å². The van der Waals surface area contributed by atoms with Gasteiger partial charge in [0.1, 0.15) is 19.7 Å². The molecule has 598 valence electrons. The average molecular weight is 1490 g/mol. The van der Waals surface area contributed by atoms with E-state index >= 15 is 0 Å². The quantitative estimate of drug-likeness (QED) is 0.0478. The highest BCUT2D eigenvalue weighted by atomic mass is 32.2. The molecule has 0 aliphatic carbocycles. The van der Waals surface area contributed by atoms with Crippen LogP contribution in [0.1, 0.15) is 128 Å². The molecule has 0 radical (unpaired) electrons. The van der Waals surface area contributed by atoms with Crippen molar-refractivity contribution in [2.45, 2.75) is 128 Å². The normalized spacial score (nSPS) is 13.8. The minimum absolute atomic E-state index is 0.00653. The highest BCUT2D eigenvalue weighted by Gasteiger charge is 2.12. The average Bonchev–Trinajstić information content (AvgIpc) is 1.97. The maximum Gasteiger partial charge on any atom is 0.219 e. The number of sulfone groups is 2. The minimum atomic E-state index is -2.95. The summed E-state index contributed by atoms with van der Waals surface area (Å²) in [6, 6.07) is 0. The van der Waals surface area contributed by atoms with Crippen molar-refractivity contribution in [3.63, 3.8) is 0 Å². The van der Waals surface area contributed by atoms with Gasteiger partial charge in [-0.25, -0.2) is 16.8 Å². The van der Waals surface area contributed by atoms with Crippen LogP contribution in [-0.2, 0) is 72.2 Å². The van der Waals surface area contributed by atoms with Crippen LogP contribution in [0.4, 0.5) is 0 Å². The Hall–Kier alpha value is -6.01. The number of nitrogens with two attached hydrogens (primary N) is 2. The molecule has 0 aromatic rings. The van der Waals surface area contributed by atoms with Gasteiger partial charge in [0, 0.05) is 233 Å². The van der Waals surface area contributed by atoms with Gasteiger partial charge in [-0.15, -0.1) is 0 Å². The van der Waals surface area contributed by atoms with Gasteiger partial charge in [-0.1, -0.05) is 6.92 Å². The van der Waals surface area contributed by atoms with Crippen LogP contribution in [0.25, 0.3) is 0 Å². The highest BCUT2D eigenvalue weighted by Crippen LogP contribution is 2.08. The number of morpholine rings is 1. The molecule has 0 atom stereocenters. The summed E-state index contributed by atoms with van der Waals surface area (Å²) in [6.45, 7) is 37.6. The van der Waals surface area contributed by atoms with Crippen molar-refractivity contribution >= 4 is 84.2 Å². The van der Waals surface area contributed by atoms with E-state index in [2.05, 4.69) is 69.6 Å². The standard InChI is InChI=1S/2C7H16N2O.C7H13NO.C6H13NO3S.2C6H13NO2.C6H11N.C5H11NO3S.C5H11NO2.C5H9N.C4H8N2.C3H9N3/c1-8-2-3-9-4-6-10-7-5-9;1-7(10)9(4)6-5-8(2)3;1-7(9)8-5-3-2-4-6-8;1-6(8)7(2)4-5-11(3,9)10;2*1-6(8)7(2)4-5-9-3;1-2-6-4-3-5-7-6;1-5(7)6-3-4-10(2,8)9;1-5(7)6-3-4-8-2;1-5-3-2-4-6-5;1-4-5-2-3-6-4;1-2-6-3(4)5/h8H,2-7H2,1H3;5-6H2,1-4H3;2-6H2,1H3;4-5H2,1-3H3;2*4-5H2,1-3H3;2-5H2,1H3;3-4H2,1-2H3,(H,6,7);3-4H2,1-2H3,(H,6,7);2-4H2,1H3;2-3H2,1H3,(H,5,6);2H2,1H3,(H4,4,5,6). The molecule has 0 aromatic heterocycles. The monoisotopic (exact) mass is 1490 g/mol. The van der Waals surface area contributed by atoms with Crippen molar-refractivity contribution in [2.24, 2.45) is 31.4 Å². The summed E-state index contributed by atoms with van der Waals surface area (Å²) in [6.07, 6.45) is 12.2. The number of ether oxygens (including phenoxy) is 4. The molecule has 2 saturated heterocycles. The van der Waals surface area contributed by atoms with Gasteiger partial charge < -0.3 is 81.1 Å². The van der Waals surface area contributed by atoms with Crippen molar-refractivity contribution in [2.75, 3.05) is 246 Å². The molecular formula is C67H143N17O15S2. The zero-order valence-electron chi connectivity index (χ0n) is 66.8. The van der Waals surface area contributed by atoms with Crippen molar-refractivity contribution in [1.29, 1.82) is 0 Å². The number of amides is 7. The van der Waals surface area contributed by atoms with E-state index in [9.17, 15) is 50.4 Å². The van der Waals surface area contributed by atoms with Crippen LogP contribution in [0.3, 0.4) is 0 Å². The lowest BCUT2D eigenvalue weighted by Gasteiger charge is -2.26. The molecule has 0 spiro atoms. The topological polar surface area (TPSA) is 397 Å². The smallest absolute Gasteiger partial charge is 0.219 e. The number of methoxy groups -OCH3 is 3. The van der Waals surface area contributed by atoms with E-state index in [0.29, 0.717) is 46.0 Å². The molecule has 7 amide bonds. The fourth-order valence-corrected chi connectivity index (χ4v) is 8.13. The predicted molar refractivity (Wildman–Crippen MR) is 413 cm³/mol. The van der Waals surface area contributed by atoms with Gasteiger partial charge in [-0.05, 0) is 93.3 Å². The molecule has 0 saturated carbocycles. The maximum absolute atomic E-state index is 10.7. The Balaban J connectivity index is -0.000000192. The number of amidine groups is 1. The number of guanidine groups is 1. The summed E-state index contributed by atoms with van der Waals surface area (Å²) in [4.78, 5) is 102. The van der Waals surface area contributed by atoms with Gasteiger partial charge in [0.15, 0.2) is 5.96 Å². The van der Waals surface area contributed by atoms with E-state index in [1.165, 1.54) is 102 Å². The number of likely N-dealkylation sites (tertiary alicyclic amines) is 1. The second-order valence-corrected chi connectivity index (χ2v) is 28.3. The Morgan fingerprint density at radius 3 is 1.31 bits per heavy atom. The summed E-state index contributed by atoms with van der Waals surface area (Å²) in [5.41, 5.74) is 12.6. The molecule has 5 aliphatic rings. The van der Waals surface area contributed by atoms with Gasteiger partial charge in [0.2, 0.25) is 41.4 Å². The number of nitrogens with one attached hydrogen (secondary N) is 4. The number of piperidine rings is 1. The summed E-state index contributed by atoms with van der Waals surface area (Å²) >= 11 is 0. The molecule has 0 aromatic carbocycles. The number of hydrogen-bond acceptors (Lipinski definition) is 23. The van der Waals surface area contributed by atoms with Crippen LogP contribution in [0.15, 0.2) is 20.0 Å². The zero-order valence-corrected chi connectivity index (χ0v) is 68.5. The van der Waals surface area contributed by atoms with E-state index in [-0.39, 0.29) is 71.9 Å². The molecule has 5 aliphatic heterocycles. The van der Waals surface area contributed by atoms with Crippen LogP contribution in [-0.4, -0.2) is 361 Å². The highest BCUT2D eigenvalue weighted by molar-refractivity contribution is 7.90. The first kappa shape index (κ1) is 108. The fraction of sp³-hybridized carbons (Fsp3) is 0.836. The van der Waals surface area contributed by atoms with E-state index in [0.717, 1.165) is 110 Å². The van der Waals surface area contributed by atoms with Gasteiger partial charge in [-0.2, -0.15) is 0 Å². The molecule has 2 fully saturated rings. The molecule has 34 heteroatoms. The van der Waals surface area contributed by atoms with E-state index < -0.39 is 19.7 Å². The van der Waals surface area contributed by atoms with Crippen LogP contribution in [0.5, 0.6) is 0 Å². The Kier molecular flexibility index (Phi) is 79.1. The van der Waals surface area contributed by atoms with E-state index in [1.54, 1.807) is 71.0 Å². The first-order chi connectivity index (χ1) is 47.1. The molecule has 5 rings (SSSR count). The molecule has 0 bridgehead atoms. The number of nitrogens with zero attached hydrogens (tertiary/aromatic N) is 11. The number of likely N-dealkylation sites (N-methyl/N-ethyl adjacent to an activating group) is 5. The molecular weight excluding hydrogens is 1350 g/mol. The molecule has 101 heavy (non-hydrogen) atoms. The number of aliphatic imine (C=N–C) groups is 4. The van der Waals surface area contributed by atoms with Gasteiger partial charge in [0.25, 0.3) is 0 Å². The second kappa shape index (κ2) is 73.7. The van der Waals surface area contributed by atoms with Crippen molar-refractivity contribution in [3.8, 4) is 0 Å². The van der Waals surface area contributed by atoms with Crippen LogP contribution in [0.2, 0.25) is 0 Å². The molecule has 8 N–H and O–H groups in total. The lowest BCUT2D eigenvalue weighted by atomic mass is 10.1. The summed E-state index contributed by atoms with van der Waals surface area (Å²) < 4.78 is 61.6. The number of carbonyl (C=O) groups is 7. The molecule has 0 unspecified atom stereocenters. The van der Waals surface area contributed by atoms with Crippen LogP contribution >= 0.6 is 0 Å². The number of hydrogen-bond donors (Lipinski definition) is 6. The van der Waals surface area contributed by atoms with E-state index in [1.807, 2.05) is 46.9 Å². The van der Waals surface area contributed by atoms with Crippen molar-refractivity contribution < 1.29 is 69.3 Å². The van der Waals surface area contributed by atoms with Crippen molar-refractivity contribution in [3.05, 3.63) is 0 Å². The molecule has 5 heterocycles. The molecule has 32 nitrogen and oxygen atoms in total. The Morgan fingerprint density at radius 2 is 1.03 bits per heavy atom. The van der Waals surface area contributed by atoms with Crippen LogP contribution < -0.4 is 32.7 Å². The summed E-state index contributed by atoms with van der Waals surface area (Å²) in [5, 5.41) is 11.2. The second-order valence-electron chi connectivity index (χ2n) is 23.8. The maximum atomic E-state index is 10.7. The zero-order chi connectivity index (χ0) is 79.2. The third-order valence-corrected chi connectivity index (χ3v) is 15.7. The Labute approximate surface area is 610 Å². The third kappa shape index (κ3) is 96.1. The lowest BCUT2D eigenvalue weighted by molar-refractivity contribution is -0.130. The largest absolute Gasteiger partial charge is 0.383 e. The Morgan fingerprint density at radius 1 is 0.574 bits per heavy atom. The third-order valence-electron chi connectivity index (χ3n) is 13.8. The van der Waals surface area contributed by atoms with Crippen LogP contribution in [0, 0.1) is 0 Å². The van der Waals surface area contributed by atoms with E-state index in [4.69, 9.17) is 25.7 Å². The SMILES string of the molecule is CC(=O)N(C)CCN(C)C.CC(=O)N(C)CCS(C)(=O)=O.CC(=O)N1CCCCC1.CC(=O)NCCS(C)(=O)=O.CC1=NCCC1.CC1=NCCN1.CCC1=NCCC1.CCN=C(N)N.CNCCN1CCOCC1.COCCN(C)C(C)=O.COCCN(C)C(C)=O.COCCNC(C)=O. The Bertz CT molecular complexity index is 2420. The van der Waals surface area contributed by atoms with Gasteiger partial charge in [0.05, 0.1) is 56.9 Å². The van der Waals surface area contributed by atoms with Gasteiger partial charge in [-0.3, -0.25) is 58.4 Å². The summed E-state index contributed by atoms with van der Waals surface area (Å²) in [7, 11) is 11.8. The fourth-order valence-electron chi connectivity index (χ4n) is 7.05. The number of carbonyl (C=O) groups excluding carboxylic acids is 7. The predicted octanol–water partition coefficient (Wildman–Crippen LogP) is 1.41. The summed E-state index contributed by atoms with van der Waals surface area (Å²) in [5.74, 6) is 1.46. The number of rotatable bonds is 23.